The fraction of sp³-hybridized carbons (Fsp3) is 0.381. The van der Waals surface area contributed by atoms with Gasteiger partial charge in [-0.15, -0.1) is 0 Å². The van der Waals surface area contributed by atoms with E-state index in [0.29, 0.717) is 19.5 Å². The number of hydrogen-bond acceptors (Lipinski definition) is 5. The number of benzene rings is 1. The van der Waals surface area contributed by atoms with Crippen LogP contribution in [0.25, 0.3) is 0 Å². The molecule has 3 unspecified atom stereocenters. The van der Waals surface area contributed by atoms with Gasteiger partial charge in [0.15, 0.2) is 0 Å². The molecule has 7 heteroatoms. The maximum atomic E-state index is 13.0. The van der Waals surface area contributed by atoms with E-state index < -0.39 is 0 Å². The molecule has 3 N–H and O–H groups in total. The zero-order chi connectivity index (χ0) is 19.3. The largest absolute Gasteiger partial charge is 0.341 e. The molecule has 146 valence electrons. The second-order valence-corrected chi connectivity index (χ2v) is 7.39. The highest BCUT2D eigenvalue weighted by molar-refractivity contribution is 5.93. The van der Waals surface area contributed by atoms with Crippen molar-refractivity contribution in [2.24, 2.45) is 5.92 Å². The van der Waals surface area contributed by atoms with Gasteiger partial charge in [0.25, 0.3) is 0 Å². The molecule has 3 heterocycles. The molecular formula is C21H25N5O2. The number of likely N-dealkylation sites (tertiary alicyclic amines) is 1. The van der Waals surface area contributed by atoms with Gasteiger partial charge in [0.05, 0.1) is 5.92 Å². The van der Waals surface area contributed by atoms with Crippen molar-refractivity contribution in [2.75, 3.05) is 18.4 Å². The highest BCUT2D eigenvalue weighted by Crippen LogP contribution is 2.25. The second-order valence-electron chi connectivity index (χ2n) is 7.39. The summed E-state index contributed by atoms with van der Waals surface area (Å²) in [4.78, 5) is 31.6. The molecule has 0 bridgehead atoms. The number of hydrogen-bond donors (Lipinski definition) is 3. The third-order valence-electron chi connectivity index (χ3n) is 5.43. The van der Waals surface area contributed by atoms with Crippen LogP contribution in [0.2, 0.25) is 0 Å². The van der Waals surface area contributed by atoms with Crippen LogP contribution in [-0.2, 0) is 9.59 Å². The fourth-order valence-electron chi connectivity index (χ4n) is 3.90. The maximum absolute atomic E-state index is 13.0. The van der Waals surface area contributed by atoms with Gasteiger partial charge in [-0.25, -0.2) is 10.9 Å². The zero-order valence-electron chi connectivity index (χ0n) is 15.7. The minimum atomic E-state index is -0.291. The summed E-state index contributed by atoms with van der Waals surface area (Å²) in [7, 11) is 0. The number of aromatic nitrogens is 1. The standard InChI is InChI=1S/C21H25N5O2/c27-20(23-17-8-2-1-3-9-17)16-7-5-11-26(14-16)21(28)19-12-18(24-25-19)15-6-4-10-22-13-15/h1-4,6,8-10,13,16,18-19,24-25H,5,7,11-12,14H2,(H,23,27). The monoisotopic (exact) mass is 379 g/mol. The van der Waals surface area contributed by atoms with Gasteiger partial charge in [0.1, 0.15) is 6.04 Å². The van der Waals surface area contributed by atoms with E-state index in [1.807, 2.05) is 53.6 Å². The van der Waals surface area contributed by atoms with Crippen molar-refractivity contribution in [1.82, 2.24) is 20.7 Å². The van der Waals surface area contributed by atoms with Crippen LogP contribution in [-0.4, -0.2) is 40.8 Å². The van der Waals surface area contributed by atoms with E-state index >= 15 is 0 Å². The fourth-order valence-corrected chi connectivity index (χ4v) is 3.90. The molecule has 1 aromatic heterocycles. The minimum absolute atomic E-state index is 0.0190. The first-order valence-corrected chi connectivity index (χ1v) is 9.76. The van der Waals surface area contributed by atoms with E-state index in [0.717, 1.165) is 24.1 Å². The summed E-state index contributed by atoms with van der Waals surface area (Å²) in [5.74, 6) is -0.146. The Labute approximate surface area is 164 Å². The number of carbonyl (C=O) groups is 2. The molecular weight excluding hydrogens is 354 g/mol. The molecule has 4 rings (SSSR count). The van der Waals surface area contributed by atoms with Crippen LogP contribution in [0.3, 0.4) is 0 Å². The first-order chi connectivity index (χ1) is 13.7. The van der Waals surface area contributed by atoms with E-state index in [4.69, 9.17) is 0 Å². The lowest BCUT2D eigenvalue weighted by Crippen LogP contribution is -2.50. The summed E-state index contributed by atoms with van der Waals surface area (Å²) in [5.41, 5.74) is 8.16. The molecule has 2 aliphatic heterocycles. The quantitative estimate of drug-likeness (QED) is 0.755. The molecule has 7 nitrogen and oxygen atoms in total. The van der Waals surface area contributed by atoms with E-state index in [1.54, 1.807) is 6.20 Å². The van der Waals surface area contributed by atoms with Crippen LogP contribution < -0.4 is 16.2 Å². The number of rotatable bonds is 4. The first kappa shape index (κ1) is 18.6. The lowest BCUT2D eigenvalue weighted by Gasteiger charge is -2.33. The lowest BCUT2D eigenvalue weighted by atomic mass is 9.95. The Morgan fingerprint density at radius 2 is 1.96 bits per heavy atom. The topological polar surface area (TPSA) is 86.4 Å². The van der Waals surface area contributed by atoms with Crippen LogP contribution in [0.1, 0.15) is 30.9 Å². The summed E-state index contributed by atoms with van der Waals surface area (Å²) < 4.78 is 0. The molecule has 2 saturated heterocycles. The normalized spacial score (nSPS) is 24.7. The van der Waals surface area contributed by atoms with Crippen molar-refractivity contribution in [2.45, 2.75) is 31.3 Å². The van der Waals surface area contributed by atoms with Crippen LogP contribution in [0.15, 0.2) is 54.9 Å². The van der Waals surface area contributed by atoms with E-state index in [9.17, 15) is 9.59 Å². The van der Waals surface area contributed by atoms with Gasteiger partial charge < -0.3 is 10.2 Å². The first-order valence-electron chi connectivity index (χ1n) is 9.76. The highest BCUT2D eigenvalue weighted by Gasteiger charge is 2.36. The predicted octanol–water partition coefficient (Wildman–Crippen LogP) is 1.87. The summed E-state index contributed by atoms with van der Waals surface area (Å²) in [6.45, 7) is 1.16. The number of pyridine rings is 1. The van der Waals surface area contributed by atoms with Gasteiger partial charge in [-0.05, 0) is 43.0 Å². The lowest BCUT2D eigenvalue weighted by molar-refractivity contribution is -0.136. The van der Waals surface area contributed by atoms with Crippen molar-refractivity contribution >= 4 is 17.5 Å². The van der Waals surface area contributed by atoms with E-state index in [1.165, 1.54) is 0 Å². The van der Waals surface area contributed by atoms with Crippen molar-refractivity contribution in [3.63, 3.8) is 0 Å². The summed E-state index contributed by atoms with van der Waals surface area (Å²) in [5, 5.41) is 2.96. The van der Waals surface area contributed by atoms with E-state index in [-0.39, 0.29) is 29.8 Å². The van der Waals surface area contributed by atoms with Crippen LogP contribution in [0, 0.1) is 5.92 Å². The van der Waals surface area contributed by atoms with Crippen molar-refractivity contribution in [1.29, 1.82) is 0 Å². The second kappa shape index (κ2) is 8.50. The molecule has 2 fully saturated rings. The number of carbonyl (C=O) groups excluding carboxylic acids is 2. The maximum Gasteiger partial charge on any atom is 0.241 e. The van der Waals surface area contributed by atoms with Gasteiger partial charge in [-0.2, -0.15) is 0 Å². The third-order valence-corrected chi connectivity index (χ3v) is 5.43. The van der Waals surface area contributed by atoms with Crippen molar-refractivity contribution < 1.29 is 9.59 Å². The molecule has 0 aliphatic carbocycles. The Balaban J connectivity index is 1.34. The predicted molar refractivity (Wildman–Crippen MR) is 106 cm³/mol. The summed E-state index contributed by atoms with van der Waals surface area (Å²) in [6, 6.07) is 13.1. The number of para-hydroxylation sites is 1. The van der Waals surface area contributed by atoms with Crippen LogP contribution >= 0.6 is 0 Å². The van der Waals surface area contributed by atoms with Crippen LogP contribution in [0.5, 0.6) is 0 Å². The number of piperidine rings is 1. The third kappa shape index (κ3) is 4.21. The van der Waals surface area contributed by atoms with Gasteiger partial charge in [-0.1, -0.05) is 24.3 Å². The van der Waals surface area contributed by atoms with Gasteiger partial charge in [-0.3, -0.25) is 14.6 Å². The van der Waals surface area contributed by atoms with Crippen molar-refractivity contribution in [3.05, 3.63) is 60.4 Å². The molecule has 3 atom stereocenters. The molecule has 1 aromatic carbocycles. The molecule has 2 aliphatic rings. The molecule has 28 heavy (non-hydrogen) atoms. The molecule has 2 aromatic rings. The SMILES string of the molecule is O=C(Nc1ccccc1)C1CCCN(C(=O)C2CC(c3cccnc3)NN2)C1. The number of nitrogens with one attached hydrogen (secondary N) is 3. The Morgan fingerprint density at radius 1 is 1.11 bits per heavy atom. The molecule has 0 spiro atoms. The average molecular weight is 379 g/mol. The Morgan fingerprint density at radius 3 is 2.75 bits per heavy atom. The molecule has 0 saturated carbocycles. The Hall–Kier alpha value is -2.77. The highest BCUT2D eigenvalue weighted by atomic mass is 16.2. The summed E-state index contributed by atoms with van der Waals surface area (Å²) in [6.07, 6.45) is 5.86. The smallest absolute Gasteiger partial charge is 0.241 e. The average Bonchev–Trinajstić information content (AvgIpc) is 3.25. The number of anilines is 1. The molecule has 0 radical (unpaired) electrons. The Kier molecular flexibility index (Phi) is 5.64. The zero-order valence-corrected chi connectivity index (χ0v) is 15.7. The summed E-state index contributed by atoms with van der Waals surface area (Å²) >= 11 is 0. The number of nitrogens with zero attached hydrogens (tertiary/aromatic N) is 2. The number of hydrazine groups is 1. The Bertz CT molecular complexity index is 814. The van der Waals surface area contributed by atoms with Crippen LogP contribution in [0.4, 0.5) is 5.69 Å². The van der Waals surface area contributed by atoms with Gasteiger partial charge in [0, 0.05) is 37.2 Å². The van der Waals surface area contributed by atoms with Gasteiger partial charge in [0.2, 0.25) is 11.8 Å². The minimum Gasteiger partial charge on any atom is -0.341 e. The van der Waals surface area contributed by atoms with Gasteiger partial charge >= 0.3 is 0 Å². The number of amides is 2. The van der Waals surface area contributed by atoms with E-state index in [2.05, 4.69) is 21.2 Å². The van der Waals surface area contributed by atoms with Crippen molar-refractivity contribution in [3.8, 4) is 0 Å². The molecule has 2 amide bonds.